The van der Waals surface area contributed by atoms with Crippen LogP contribution < -0.4 is 14.8 Å². The molecule has 1 fully saturated rings. The zero-order chi connectivity index (χ0) is 12.3. The summed E-state index contributed by atoms with van der Waals surface area (Å²) < 4.78 is 15.5. The molecule has 0 aliphatic carbocycles. The van der Waals surface area contributed by atoms with Gasteiger partial charge < -0.3 is 19.5 Å². The Balaban J connectivity index is 2.19. The maximum absolute atomic E-state index is 5.36. The molecule has 94 valence electrons. The molecule has 1 atom stereocenters. The molecule has 2 heterocycles. The van der Waals surface area contributed by atoms with Crippen molar-refractivity contribution in [3.05, 3.63) is 6.07 Å². The third-order valence-electron chi connectivity index (χ3n) is 2.73. The van der Waals surface area contributed by atoms with Crippen LogP contribution >= 0.6 is 0 Å². The quantitative estimate of drug-likeness (QED) is 0.848. The largest absolute Gasteiger partial charge is 0.481 e. The van der Waals surface area contributed by atoms with Crippen molar-refractivity contribution in [1.82, 2.24) is 9.97 Å². The van der Waals surface area contributed by atoms with E-state index in [9.17, 15) is 0 Å². The SMILES string of the molecule is COc1cc(OC)nc(NC2(C)CCOC2)n1. The summed E-state index contributed by atoms with van der Waals surface area (Å²) in [4.78, 5) is 8.46. The minimum Gasteiger partial charge on any atom is -0.481 e. The summed E-state index contributed by atoms with van der Waals surface area (Å²) >= 11 is 0. The summed E-state index contributed by atoms with van der Waals surface area (Å²) in [5, 5.41) is 3.26. The minimum absolute atomic E-state index is 0.128. The highest BCUT2D eigenvalue weighted by Gasteiger charge is 2.30. The van der Waals surface area contributed by atoms with Gasteiger partial charge in [0.05, 0.1) is 32.4 Å². The van der Waals surface area contributed by atoms with Crippen LogP contribution in [0.1, 0.15) is 13.3 Å². The van der Waals surface area contributed by atoms with Crippen LogP contribution in [-0.4, -0.2) is 42.9 Å². The van der Waals surface area contributed by atoms with E-state index in [0.29, 0.717) is 24.3 Å². The normalized spacial score (nSPS) is 23.5. The summed E-state index contributed by atoms with van der Waals surface area (Å²) in [5.74, 6) is 1.44. The Kier molecular flexibility index (Phi) is 3.33. The van der Waals surface area contributed by atoms with Gasteiger partial charge in [0.25, 0.3) is 0 Å². The predicted molar refractivity (Wildman–Crippen MR) is 62.6 cm³/mol. The van der Waals surface area contributed by atoms with Crippen LogP contribution in [0.15, 0.2) is 6.07 Å². The van der Waals surface area contributed by atoms with Crippen LogP contribution in [-0.2, 0) is 4.74 Å². The zero-order valence-corrected chi connectivity index (χ0v) is 10.3. The molecule has 6 nitrogen and oxygen atoms in total. The van der Waals surface area contributed by atoms with E-state index in [4.69, 9.17) is 14.2 Å². The number of anilines is 1. The van der Waals surface area contributed by atoms with Crippen molar-refractivity contribution < 1.29 is 14.2 Å². The lowest BCUT2D eigenvalue weighted by molar-refractivity contribution is 0.185. The molecule has 1 unspecified atom stereocenters. The first-order valence-corrected chi connectivity index (χ1v) is 5.48. The monoisotopic (exact) mass is 239 g/mol. The number of nitrogens with zero attached hydrogens (tertiary/aromatic N) is 2. The van der Waals surface area contributed by atoms with E-state index < -0.39 is 0 Å². The molecule has 0 bridgehead atoms. The summed E-state index contributed by atoms with van der Waals surface area (Å²) in [6.45, 7) is 3.48. The number of aromatic nitrogens is 2. The van der Waals surface area contributed by atoms with Crippen molar-refractivity contribution in [3.63, 3.8) is 0 Å². The van der Waals surface area contributed by atoms with Crippen LogP contribution in [0.5, 0.6) is 11.8 Å². The highest BCUT2D eigenvalue weighted by Crippen LogP contribution is 2.24. The molecule has 1 aromatic rings. The van der Waals surface area contributed by atoms with Gasteiger partial charge in [0.15, 0.2) is 0 Å². The maximum atomic E-state index is 5.36. The van der Waals surface area contributed by atoms with Gasteiger partial charge in [-0.05, 0) is 13.3 Å². The Hall–Kier alpha value is -1.56. The molecule has 1 saturated heterocycles. The van der Waals surface area contributed by atoms with Crippen molar-refractivity contribution in [2.45, 2.75) is 18.9 Å². The Morgan fingerprint density at radius 2 is 1.94 bits per heavy atom. The second-order valence-corrected chi connectivity index (χ2v) is 4.26. The Morgan fingerprint density at radius 3 is 2.41 bits per heavy atom. The van der Waals surface area contributed by atoms with Gasteiger partial charge in [-0.3, -0.25) is 0 Å². The van der Waals surface area contributed by atoms with Crippen molar-refractivity contribution in [2.24, 2.45) is 0 Å². The van der Waals surface area contributed by atoms with E-state index in [-0.39, 0.29) is 5.54 Å². The van der Waals surface area contributed by atoms with Gasteiger partial charge in [0, 0.05) is 6.61 Å². The highest BCUT2D eigenvalue weighted by atomic mass is 16.5. The second kappa shape index (κ2) is 4.75. The number of methoxy groups -OCH3 is 2. The Morgan fingerprint density at radius 1 is 1.29 bits per heavy atom. The predicted octanol–water partition coefficient (Wildman–Crippen LogP) is 1.08. The number of rotatable bonds is 4. The molecule has 1 aliphatic rings. The lowest BCUT2D eigenvalue weighted by Gasteiger charge is -2.23. The van der Waals surface area contributed by atoms with Gasteiger partial charge >= 0.3 is 0 Å². The third-order valence-corrected chi connectivity index (χ3v) is 2.73. The standard InChI is InChI=1S/C11H17N3O3/c1-11(4-5-17-7-11)14-10-12-8(15-2)6-9(13-10)16-3/h6H,4-5,7H2,1-3H3,(H,12,13,14). The van der Waals surface area contributed by atoms with Gasteiger partial charge in [-0.15, -0.1) is 0 Å². The van der Waals surface area contributed by atoms with E-state index in [1.54, 1.807) is 20.3 Å². The van der Waals surface area contributed by atoms with Gasteiger partial charge in [0.2, 0.25) is 17.7 Å². The number of ether oxygens (including phenoxy) is 3. The molecule has 17 heavy (non-hydrogen) atoms. The molecule has 0 saturated carbocycles. The highest BCUT2D eigenvalue weighted by molar-refractivity contribution is 5.36. The molecule has 0 amide bonds. The fourth-order valence-corrected chi connectivity index (χ4v) is 1.70. The number of hydrogen-bond donors (Lipinski definition) is 1. The van der Waals surface area contributed by atoms with Crippen LogP contribution in [0, 0.1) is 0 Å². The Bertz CT molecular complexity index is 369. The fourth-order valence-electron chi connectivity index (χ4n) is 1.70. The van der Waals surface area contributed by atoms with E-state index in [1.807, 2.05) is 0 Å². The average molecular weight is 239 g/mol. The average Bonchev–Trinajstić information content (AvgIpc) is 2.75. The lowest BCUT2D eigenvalue weighted by atomic mass is 10.0. The second-order valence-electron chi connectivity index (χ2n) is 4.26. The molecular weight excluding hydrogens is 222 g/mol. The first-order chi connectivity index (χ1) is 8.15. The smallest absolute Gasteiger partial charge is 0.229 e. The van der Waals surface area contributed by atoms with E-state index in [2.05, 4.69) is 22.2 Å². The molecule has 0 aromatic carbocycles. The van der Waals surface area contributed by atoms with Crippen molar-refractivity contribution in [1.29, 1.82) is 0 Å². The van der Waals surface area contributed by atoms with E-state index >= 15 is 0 Å². The minimum atomic E-state index is -0.128. The van der Waals surface area contributed by atoms with E-state index in [0.717, 1.165) is 13.0 Å². The third kappa shape index (κ3) is 2.76. The molecule has 6 heteroatoms. The van der Waals surface area contributed by atoms with Gasteiger partial charge in [-0.25, -0.2) is 0 Å². The molecule has 0 spiro atoms. The van der Waals surface area contributed by atoms with Crippen molar-refractivity contribution in [2.75, 3.05) is 32.8 Å². The van der Waals surface area contributed by atoms with Gasteiger partial charge in [-0.2, -0.15) is 9.97 Å². The topological polar surface area (TPSA) is 65.5 Å². The molecule has 0 radical (unpaired) electrons. The molecule has 1 aliphatic heterocycles. The van der Waals surface area contributed by atoms with Gasteiger partial charge in [0.1, 0.15) is 0 Å². The summed E-state index contributed by atoms with van der Waals surface area (Å²) in [7, 11) is 3.12. The van der Waals surface area contributed by atoms with Crippen LogP contribution in [0.4, 0.5) is 5.95 Å². The fraction of sp³-hybridized carbons (Fsp3) is 0.636. The summed E-state index contributed by atoms with van der Waals surface area (Å²) in [5.41, 5.74) is -0.128. The van der Waals surface area contributed by atoms with Crippen molar-refractivity contribution >= 4 is 5.95 Å². The van der Waals surface area contributed by atoms with Gasteiger partial charge in [-0.1, -0.05) is 0 Å². The summed E-state index contributed by atoms with van der Waals surface area (Å²) in [6.07, 6.45) is 0.926. The number of hydrogen-bond acceptors (Lipinski definition) is 6. The lowest BCUT2D eigenvalue weighted by Crippen LogP contribution is -2.35. The molecule has 1 N–H and O–H groups in total. The first-order valence-electron chi connectivity index (χ1n) is 5.48. The molecular formula is C11H17N3O3. The van der Waals surface area contributed by atoms with Crippen LogP contribution in [0.2, 0.25) is 0 Å². The molecule has 2 rings (SSSR count). The summed E-state index contributed by atoms with van der Waals surface area (Å²) in [6, 6.07) is 1.64. The number of nitrogens with one attached hydrogen (secondary N) is 1. The zero-order valence-electron chi connectivity index (χ0n) is 10.3. The van der Waals surface area contributed by atoms with Crippen LogP contribution in [0.25, 0.3) is 0 Å². The van der Waals surface area contributed by atoms with Crippen molar-refractivity contribution in [3.8, 4) is 11.8 Å². The Labute approximate surface area is 100 Å². The molecule has 1 aromatic heterocycles. The first kappa shape index (κ1) is 11.9. The maximum Gasteiger partial charge on any atom is 0.229 e. The van der Waals surface area contributed by atoms with Crippen LogP contribution in [0.3, 0.4) is 0 Å². The van der Waals surface area contributed by atoms with E-state index in [1.165, 1.54) is 0 Å².